The summed E-state index contributed by atoms with van der Waals surface area (Å²) in [5, 5.41) is 15.8. The topological polar surface area (TPSA) is 78.8 Å². The molecule has 2 aromatic heterocycles. The first-order valence-corrected chi connectivity index (χ1v) is 6.61. The Labute approximate surface area is 110 Å². The lowest BCUT2D eigenvalue weighted by Crippen LogP contribution is -2.16. The lowest BCUT2D eigenvalue weighted by Gasteiger charge is -1.94. The first-order chi connectivity index (χ1) is 8.66. The van der Waals surface area contributed by atoms with Gasteiger partial charge in [0.2, 0.25) is 0 Å². The second kappa shape index (κ2) is 5.56. The number of carboxylic acid groups (broad SMARTS) is 1. The van der Waals surface area contributed by atoms with E-state index in [2.05, 4.69) is 10.5 Å². The van der Waals surface area contributed by atoms with Crippen LogP contribution in [0.1, 0.15) is 24.9 Å². The van der Waals surface area contributed by atoms with Gasteiger partial charge in [0.15, 0.2) is 0 Å². The molecule has 1 amide bonds. The quantitative estimate of drug-likeness (QED) is 0.666. The monoisotopic (exact) mass is 280 g/mol. The molecule has 5 nitrogen and oxygen atoms in total. The molecule has 92 valence electrons. The van der Waals surface area contributed by atoms with E-state index >= 15 is 0 Å². The molecule has 0 bridgehead atoms. The third-order valence-corrected chi connectivity index (χ3v) is 3.71. The number of nitrogens with zero attached hydrogens (tertiary/aromatic N) is 1. The average Bonchev–Trinajstić information content (AvgIpc) is 2.99. The number of hydrogen-bond donors (Lipinski definition) is 2. The van der Waals surface area contributed by atoms with Crippen LogP contribution in [0, 0.1) is 0 Å². The Hall–Kier alpha value is -1.99. The fourth-order valence-electron chi connectivity index (χ4n) is 1.14. The Balaban J connectivity index is 1.97. The second-order valence-electron chi connectivity index (χ2n) is 3.22. The number of hydrogen-bond acceptors (Lipinski definition) is 5. The van der Waals surface area contributed by atoms with Crippen molar-refractivity contribution in [3.8, 4) is 0 Å². The zero-order valence-electron chi connectivity index (χ0n) is 8.99. The van der Waals surface area contributed by atoms with Crippen LogP contribution in [-0.2, 0) is 0 Å². The number of aromatic carboxylic acids is 1. The van der Waals surface area contributed by atoms with Crippen LogP contribution in [0.5, 0.6) is 0 Å². The molecule has 2 aromatic rings. The van der Waals surface area contributed by atoms with Gasteiger partial charge in [-0.15, -0.1) is 22.7 Å². The lowest BCUT2D eigenvalue weighted by molar-refractivity contribution is 0.0697. The van der Waals surface area contributed by atoms with Crippen LogP contribution in [0.4, 0.5) is 0 Å². The van der Waals surface area contributed by atoms with Gasteiger partial charge < -0.3 is 5.11 Å². The highest BCUT2D eigenvalue weighted by atomic mass is 32.1. The van der Waals surface area contributed by atoms with Crippen molar-refractivity contribution in [3.05, 3.63) is 44.3 Å². The van der Waals surface area contributed by atoms with Crippen molar-refractivity contribution >= 4 is 40.8 Å². The third kappa shape index (κ3) is 3.02. The summed E-state index contributed by atoms with van der Waals surface area (Å²) in [5.74, 6) is -1.47. The molecule has 0 aliphatic carbocycles. The fraction of sp³-hybridized carbons (Fsp3) is 0. The number of amides is 1. The van der Waals surface area contributed by atoms with Crippen molar-refractivity contribution in [2.75, 3.05) is 0 Å². The molecule has 0 fully saturated rings. The van der Waals surface area contributed by atoms with Crippen LogP contribution in [0.2, 0.25) is 0 Å². The summed E-state index contributed by atoms with van der Waals surface area (Å²) in [6, 6.07) is 5.07. The van der Waals surface area contributed by atoms with E-state index in [1.807, 2.05) is 17.5 Å². The molecule has 0 aromatic carbocycles. The van der Waals surface area contributed by atoms with Crippen molar-refractivity contribution in [1.82, 2.24) is 5.43 Å². The predicted molar refractivity (Wildman–Crippen MR) is 70.7 cm³/mol. The fourth-order valence-corrected chi connectivity index (χ4v) is 2.50. The third-order valence-electron chi connectivity index (χ3n) is 1.97. The van der Waals surface area contributed by atoms with Gasteiger partial charge >= 0.3 is 5.97 Å². The first kappa shape index (κ1) is 12.5. The van der Waals surface area contributed by atoms with Crippen LogP contribution in [0.25, 0.3) is 0 Å². The van der Waals surface area contributed by atoms with E-state index in [9.17, 15) is 9.59 Å². The molecule has 2 heterocycles. The molecule has 0 spiro atoms. The van der Waals surface area contributed by atoms with Gasteiger partial charge in [-0.2, -0.15) is 5.10 Å². The van der Waals surface area contributed by atoms with E-state index < -0.39 is 11.9 Å². The Kier molecular flexibility index (Phi) is 3.85. The minimum Gasteiger partial charge on any atom is -0.478 e. The highest BCUT2D eigenvalue weighted by molar-refractivity contribution is 7.12. The van der Waals surface area contributed by atoms with Crippen molar-refractivity contribution in [3.63, 3.8) is 0 Å². The first-order valence-electron chi connectivity index (χ1n) is 4.85. The van der Waals surface area contributed by atoms with Crippen molar-refractivity contribution in [2.45, 2.75) is 0 Å². The van der Waals surface area contributed by atoms with Gasteiger partial charge in [-0.05, 0) is 17.5 Å². The van der Waals surface area contributed by atoms with Crippen molar-refractivity contribution < 1.29 is 14.7 Å². The lowest BCUT2D eigenvalue weighted by atomic mass is 10.3. The molecule has 2 N–H and O–H groups in total. The summed E-state index contributed by atoms with van der Waals surface area (Å²) >= 11 is 2.57. The van der Waals surface area contributed by atoms with E-state index in [0.29, 0.717) is 4.88 Å². The Morgan fingerprint density at radius 1 is 1.39 bits per heavy atom. The number of hydrazone groups is 1. The van der Waals surface area contributed by atoms with E-state index in [-0.39, 0.29) is 5.56 Å². The number of rotatable bonds is 4. The maximum absolute atomic E-state index is 11.6. The van der Waals surface area contributed by atoms with E-state index in [1.54, 1.807) is 0 Å². The molecule has 0 unspecified atom stereocenters. The molecule has 0 radical (unpaired) electrons. The van der Waals surface area contributed by atoms with Gasteiger partial charge in [-0.25, -0.2) is 10.2 Å². The maximum atomic E-state index is 11.6. The predicted octanol–water partition coefficient (Wildman–Crippen LogP) is 2.27. The summed E-state index contributed by atoms with van der Waals surface area (Å²) in [4.78, 5) is 23.5. The molecule has 0 saturated carbocycles. The minimum absolute atomic E-state index is 0.104. The second-order valence-corrected chi connectivity index (χ2v) is 5.11. The number of carbonyl (C=O) groups excluding carboxylic acids is 1. The summed E-state index contributed by atoms with van der Waals surface area (Å²) < 4.78 is 0. The Bertz CT molecular complexity index is 587. The Morgan fingerprint density at radius 2 is 2.22 bits per heavy atom. The SMILES string of the molecule is O=C(O)c1csc(C(=O)NN=Cc2cccs2)c1. The molecule has 18 heavy (non-hydrogen) atoms. The van der Waals surface area contributed by atoms with E-state index in [0.717, 1.165) is 16.2 Å². The van der Waals surface area contributed by atoms with Gasteiger partial charge in [0.25, 0.3) is 5.91 Å². The van der Waals surface area contributed by atoms with E-state index in [1.165, 1.54) is 29.0 Å². The van der Waals surface area contributed by atoms with Gasteiger partial charge in [0.1, 0.15) is 0 Å². The molecule has 2 rings (SSSR count). The zero-order valence-corrected chi connectivity index (χ0v) is 10.6. The largest absolute Gasteiger partial charge is 0.478 e. The van der Waals surface area contributed by atoms with Crippen LogP contribution in [0.15, 0.2) is 34.1 Å². The van der Waals surface area contributed by atoms with Crippen LogP contribution in [0.3, 0.4) is 0 Å². The van der Waals surface area contributed by atoms with Crippen LogP contribution >= 0.6 is 22.7 Å². The van der Waals surface area contributed by atoms with Gasteiger partial charge in [-0.1, -0.05) is 6.07 Å². The molecule has 7 heteroatoms. The highest BCUT2D eigenvalue weighted by Gasteiger charge is 2.11. The number of thiophene rings is 2. The Morgan fingerprint density at radius 3 is 2.83 bits per heavy atom. The molecular weight excluding hydrogens is 272 g/mol. The summed E-state index contributed by atoms with van der Waals surface area (Å²) in [6.45, 7) is 0. The molecular formula is C11H8N2O3S2. The summed E-state index contributed by atoms with van der Waals surface area (Å²) in [5.41, 5.74) is 2.45. The smallest absolute Gasteiger partial charge is 0.336 e. The van der Waals surface area contributed by atoms with Gasteiger partial charge in [0, 0.05) is 10.3 Å². The van der Waals surface area contributed by atoms with Crippen LogP contribution in [-0.4, -0.2) is 23.2 Å². The van der Waals surface area contributed by atoms with Crippen molar-refractivity contribution in [2.24, 2.45) is 5.10 Å². The van der Waals surface area contributed by atoms with Crippen LogP contribution < -0.4 is 5.43 Å². The van der Waals surface area contributed by atoms with Crippen molar-refractivity contribution in [1.29, 1.82) is 0 Å². The zero-order chi connectivity index (χ0) is 13.0. The number of carboxylic acids is 1. The summed E-state index contributed by atoms with van der Waals surface area (Å²) in [6.07, 6.45) is 1.54. The standard InChI is InChI=1S/C11H8N2O3S2/c14-10(9-4-7(6-18-9)11(15)16)13-12-5-8-2-1-3-17-8/h1-6H,(H,13,14)(H,15,16). The average molecular weight is 280 g/mol. The van der Waals surface area contributed by atoms with E-state index in [4.69, 9.17) is 5.11 Å². The molecule has 0 atom stereocenters. The molecule has 0 aliphatic heterocycles. The maximum Gasteiger partial charge on any atom is 0.336 e. The molecule has 0 saturated heterocycles. The normalized spacial score (nSPS) is 10.7. The number of nitrogens with one attached hydrogen (secondary N) is 1. The van der Waals surface area contributed by atoms with Gasteiger partial charge in [0.05, 0.1) is 16.7 Å². The van der Waals surface area contributed by atoms with Gasteiger partial charge in [-0.3, -0.25) is 4.79 Å². The summed E-state index contributed by atoms with van der Waals surface area (Å²) in [7, 11) is 0. The highest BCUT2D eigenvalue weighted by Crippen LogP contribution is 2.14. The molecule has 0 aliphatic rings. The number of carbonyl (C=O) groups is 2. The minimum atomic E-state index is -1.05.